The van der Waals surface area contributed by atoms with Gasteiger partial charge in [0.1, 0.15) is 0 Å². The first-order valence-corrected chi connectivity index (χ1v) is 15.6. The minimum atomic E-state index is -0.392. The zero-order valence-corrected chi connectivity index (χ0v) is 27.4. The molecule has 0 aromatic heterocycles. The first kappa shape index (κ1) is 37.5. The van der Waals surface area contributed by atoms with Gasteiger partial charge in [-0.2, -0.15) is 0 Å². The van der Waals surface area contributed by atoms with E-state index in [1.165, 1.54) is 34.4 Å². The Balaban J connectivity index is 2.18. The van der Waals surface area contributed by atoms with E-state index in [4.69, 9.17) is 4.74 Å². The number of amides is 1. The van der Waals surface area contributed by atoms with Crippen molar-refractivity contribution in [3.8, 4) is 11.5 Å². The van der Waals surface area contributed by atoms with Crippen LogP contribution in [-0.2, 0) is 20.7 Å². The molecule has 6 heteroatoms. The largest absolute Gasteiger partial charge is 0.504 e. The van der Waals surface area contributed by atoms with Crippen molar-refractivity contribution in [1.82, 2.24) is 5.32 Å². The van der Waals surface area contributed by atoms with Gasteiger partial charge in [-0.3, -0.25) is 9.59 Å². The molecule has 1 aromatic rings. The third kappa shape index (κ3) is 20.1. The quantitative estimate of drug-likeness (QED) is 0.0607. The van der Waals surface area contributed by atoms with E-state index in [1.54, 1.807) is 6.07 Å². The molecule has 0 fully saturated rings. The van der Waals surface area contributed by atoms with Gasteiger partial charge in [0.05, 0.1) is 0 Å². The van der Waals surface area contributed by atoms with Crippen LogP contribution in [0.1, 0.15) is 111 Å². The SMILES string of the molecule is CC(C)=CCC/C(C)=C/CC/C(C)=C/CC/C=C(\C)CC/C=C(\C)CCC(=O)OCC(=O)NCCc1ccc(O)c(O)c1. The molecule has 43 heavy (non-hydrogen) atoms. The Morgan fingerprint density at radius 3 is 1.72 bits per heavy atom. The average molecular weight is 594 g/mol. The molecular formula is C37H55NO5. The second-order valence-corrected chi connectivity index (χ2v) is 11.8. The van der Waals surface area contributed by atoms with Crippen LogP contribution in [0.4, 0.5) is 0 Å². The van der Waals surface area contributed by atoms with Gasteiger partial charge in [-0.1, -0.05) is 64.3 Å². The van der Waals surface area contributed by atoms with Gasteiger partial charge in [-0.05, 0) is 123 Å². The van der Waals surface area contributed by atoms with E-state index < -0.39 is 5.97 Å². The molecule has 0 aliphatic carbocycles. The van der Waals surface area contributed by atoms with Gasteiger partial charge in [0.2, 0.25) is 0 Å². The molecule has 0 bridgehead atoms. The number of rotatable bonds is 20. The maximum absolute atomic E-state index is 12.0. The van der Waals surface area contributed by atoms with Gasteiger partial charge in [-0.15, -0.1) is 0 Å². The van der Waals surface area contributed by atoms with E-state index in [2.05, 4.69) is 70.3 Å². The van der Waals surface area contributed by atoms with Crippen molar-refractivity contribution in [3.05, 3.63) is 82.0 Å². The summed E-state index contributed by atoms with van der Waals surface area (Å²) in [6, 6.07) is 4.52. The highest BCUT2D eigenvalue weighted by Gasteiger charge is 2.08. The lowest BCUT2D eigenvalue weighted by Crippen LogP contribution is -2.30. The van der Waals surface area contributed by atoms with Crippen LogP contribution in [0.5, 0.6) is 11.5 Å². The van der Waals surface area contributed by atoms with Gasteiger partial charge in [0.25, 0.3) is 5.91 Å². The molecule has 0 spiro atoms. The minimum absolute atomic E-state index is 0.183. The molecule has 6 nitrogen and oxygen atoms in total. The molecule has 0 aliphatic rings. The van der Waals surface area contributed by atoms with E-state index in [0.29, 0.717) is 19.4 Å². The fourth-order valence-corrected chi connectivity index (χ4v) is 4.39. The number of aromatic hydroxyl groups is 2. The monoisotopic (exact) mass is 593 g/mol. The second-order valence-electron chi connectivity index (χ2n) is 11.8. The minimum Gasteiger partial charge on any atom is -0.504 e. The number of carbonyl (C=O) groups excluding carboxylic acids is 2. The Labute approximate surface area is 260 Å². The van der Waals surface area contributed by atoms with Crippen molar-refractivity contribution in [2.75, 3.05) is 13.2 Å². The molecular weight excluding hydrogens is 538 g/mol. The zero-order valence-electron chi connectivity index (χ0n) is 27.4. The third-order valence-electron chi connectivity index (χ3n) is 7.17. The summed E-state index contributed by atoms with van der Waals surface area (Å²) in [7, 11) is 0. The molecule has 0 atom stereocenters. The van der Waals surface area contributed by atoms with Crippen LogP contribution in [0.3, 0.4) is 0 Å². The summed E-state index contributed by atoms with van der Waals surface area (Å²) >= 11 is 0. The predicted molar refractivity (Wildman–Crippen MR) is 178 cm³/mol. The van der Waals surface area contributed by atoms with E-state index in [9.17, 15) is 19.8 Å². The molecule has 0 saturated heterocycles. The molecule has 0 heterocycles. The van der Waals surface area contributed by atoms with Crippen LogP contribution in [-0.4, -0.2) is 35.2 Å². The first-order chi connectivity index (χ1) is 20.5. The number of ether oxygens (including phenoxy) is 1. The van der Waals surface area contributed by atoms with E-state index >= 15 is 0 Å². The number of allylic oxidation sites excluding steroid dienone is 10. The van der Waals surface area contributed by atoms with Gasteiger partial charge < -0.3 is 20.3 Å². The van der Waals surface area contributed by atoms with Gasteiger partial charge in [-0.25, -0.2) is 0 Å². The van der Waals surface area contributed by atoms with E-state index in [-0.39, 0.29) is 30.4 Å². The lowest BCUT2D eigenvalue weighted by Gasteiger charge is -2.08. The number of unbranched alkanes of at least 4 members (excludes halogenated alkanes) is 1. The summed E-state index contributed by atoms with van der Waals surface area (Å²) in [6.07, 6.45) is 21.5. The van der Waals surface area contributed by atoms with Crippen molar-refractivity contribution in [1.29, 1.82) is 0 Å². The van der Waals surface area contributed by atoms with E-state index in [0.717, 1.165) is 62.5 Å². The molecule has 1 rings (SSSR count). The van der Waals surface area contributed by atoms with Crippen molar-refractivity contribution >= 4 is 11.9 Å². The molecule has 0 saturated carbocycles. The average Bonchev–Trinajstić information content (AvgIpc) is 2.94. The Bertz CT molecular complexity index is 1170. The molecule has 238 valence electrons. The van der Waals surface area contributed by atoms with Crippen molar-refractivity contribution in [2.24, 2.45) is 0 Å². The highest BCUT2D eigenvalue weighted by atomic mass is 16.5. The number of esters is 1. The Hall–Kier alpha value is -3.54. The Kier molecular flexibility index (Phi) is 19.2. The van der Waals surface area contributed by atoms with Crippen molar-refractivity contribution < 1.29 is 24.5 Å². The van der Waals surface area contributed by atoms with Crippen LogP contribution < -0.4 is 5.32 Å². The van der Waals surface area contributed by atoms with Crippen LogP contribution >= 0.6 is 0 Å². The Morgan fingerprint density at radius 2 is 1.19 bits per heavy atom. The van der Waals surface area contributed by atoms with Crippen LogP contribution in [0, 0.1) is 0 Å². The Morgan fingerprint density at radius 1 is 0.674 bits per heavy atom. The first-order valence-electron chi connectivity index (χ1n) is 15.6. The highest BCUT2D eigenvalue weighted by molar-refractivity contribution is 5.80. The van der Waals surface area contributed by atoms with Crippen molar-refractivity contribution in [2.45, 2.75) is 112 Å². The predicted octanol–water partition coefficient (Wildman–Crippen LogP) is 8.95. The van der Waals surface area contributed by atoms with Gasteiger partial charge in [0.15, 0.2) is 18.1 Å². The number of phenolic OH excluding ortho intramolecular Hbond substituents is 2. The molecule has 0 radical (unpaired) electrons. The molecule has 1 amide bonds. The molecule has 0 unspecified atom stereocenters. The molecule has 0 aliphatic heterocycles. The number of phenols is 2. The maximum atomic E-state index is 12.0. The summed E-state index contributed by atoms with van der Waals surface area (Å²) in [5.41, 5.74) is 7.65. The highest BCUT2D eigenvalue weighted by Crippen LogP contribution is 2.24. The zero-order chi connectivity index (χ0) is 32.0. The maximum Gasteiger partial charge on any atom is 0.306 e. The number of hydrogen-bond acceptors (Lipinski definition) is 5. The van der Waals surface area contributed by atoms with Crippen LogP contribution in [0.25, 0.3) is 0 Å². The van der Waals surface area contributed by atoms with Crippen molar-refractivity contribution in [3.63, 3.8) is 0 Å². The van der Waals surface area contributed by atoms with Crippen LogP contribution in [0.15, 0.2) is 76.4 Å². The summed E-state index contributed by atoms with van der Waals surface area (Å²) in [5.74, 6) is -1.14. The van der Waals surface area contributed by atoms with Gasteiger partial charge >= 0.3 is 5.97 Å². The number of carbonyl (C=O) groups is 2. The fraction of sp³-hybridized carbons (Fsp3) is 0.514. The summed E-state index contributed by atoms with van der Waals surface area (Å²) in [5, 5.41) is 21.5. The number of hydrogen-bond donors (Lipinski definition) is 3. The number of benzene rings is 1. The summed E-state index contributed by atoms with van der Waals surface area (Å²) in [4.78, 5) is 24.0. The lowest BCUT2D eigenvalue weighted by molar-refractivity contribution is -0.148. The normalized spacial score (nSPS) is 12.7. The fourth-order valence-electron chi connectivity index (χ4n) is 4.39. The van der Waals surface area contributed by atoms with E-state index in [1.807, 2.05) is 6.92 Å². The van der Waals surface area contributed by atoms with Crippen LogP contribution in [0.2, 0.25) is 0 Å². The smallest absolute Gasteiger partial charge is 0.306 e. The molecule has 3 N–H and O–H groups in total. The second kappa shape index (κ2) is 22.1. The summed E-state index contributed by atoms with van der Waals surface area (Å²) in [6.45, 7) is 13.0. The van der Waals surface area contributed by atoms with Gasteiger partial charge in [0, 0.05) is 13.0 Å². The standard InChI is InChI=1S/C37H55NO5/c1-28(2)12-9-15-31(5)18-10-16-29(3)13-7-8-14-30(4)17-11-19-32(6)20-23-37(42)43-27-36(41)38-25-24-33-21-22-34(39)35(40)26-33/h12-14,18-19,21-22,26,39-40H,7-11,15-17,20,23-25,27H2,1-6H3,(H,38,41)/b29-13+,30-14+,31-18+,32-19+. The third-order valence-corrected chi connectivity index (χ3v) is 7.17. The topological polar surface area (TPSA) is 95.9 Å². The number of nitrogens with one attached hydrogen (secondary N) is 1. The lowest BCUT2D eigenvalue weighted by atomic mass is 10.0. The molecule has 1 aromatic carbocycles. The summed E-state index contributed by atoms with van der Waals surface area (Å²) < 4.78 is 5.09.